The average Bonchev–Trinajstić information content (AvgIpc) is 2.55. The van der Waals surface area contributed by atoms with E-state index in [2.05, 4.69) is 5.32 Å². The van der Waals surface area contributed by atoms with Gasteiger partial charge in [0.15, 0.2) is 11.9 Å². The first-order chi connectivity index (χ1) is 11.7. The Kier molecular flexibility index (Phi) is 4.20. The average molecular weight is 353 g/mol. The van der Waals surface area contributed by atoms with Crippen molar-refractivity contribution < 1.29 is 31.9 Å². The first-order valence-electron chi connectivity index (χ1n) is 7.21. The molecule has 8 heteroatoms. The van der Waals surface area contributed by atoms with Crippen LogP contribution in [0.5, 0.6) is 5.75 Å². The highest BCUT2D eigenvalue weighted by molar-refractivity contribution is 6.05. The van der Waals surface area contributed by atoms with Gasteiger partial charge >= 0.3 is 6.18 Å². The zero-order chi connectivity index (χ0) is 18.2. The lowest BCUT2D eigenvalue weighted by atomic mass is 10.00. The number of nitrogens with one attached hydrogen (secondary N) is 1. The first-order valence-corrected chi connectivity index (χ1v) is 7.21. The number of anilines is 1. The molecule has 1 aliphatic heterocycles. The van der Waals surface area contributed by atoms with Crippen LogP contribution < -0.4 is 10.1 Å². The maximum Gasteiger partial charge on any atom is 0.416 e. The van der Waals surface area contributed by atoms with Crippen LogP contribution in [0.4, 0.5) is 23.2 Å². The van der Waals surface area contributed by atoms with E-state index in [4.69, 9.17) is 4.74 Å². The Morgan fingerprint density at radius 2 is 1.92 bits per heavy atom. The van der Waals surface area contributed by atoms with E-state index in [9.17, 15) is 27.2 Å². The van der Waals surface area contributed by atoms with Crippen LogP contribution in [0.2, 0.25) is 0 Å². The summed E-state index contributed by atoms with van der Waals surface area (Å²) in [5.41, 5.74) is -0.948. The number of carbonyl (C=O) groups is 2. The predicted octanol–water partition coefficient (Wildman–Crippen LogP) is 3.82. The number of amides is 1. The topological polar surface area (TPSA) is 55.4 Å². The van der Waals surface area contributed by atoms with E-state index in [-0.39, 0.29) is 23.4 Å². The summed E-state index contributed by atoms with van der Waals surface area (Å²) in [5, 5.41) is 2.30. The number of halogens is 4. The van der Waals surface area contributed by atoms with Gasteiger partial charge in [0.05, 0.1) is 17.5 Å². The Labute approximate surface area is 139 Å². The fourth-order valence-electron chi connectivity index (χ4n) is 2.44. The monoisotopic (exact) mass is 353 g/mol. The molecule has 0 fully saturated rings. The Hall–Kier alpha value is -2.90. The minimum atomic E-state index is -4.54. The molecule has 1 heterocycles. The van der Waals surface area contributed by atoms with Crippen molar-refractivity contribution in [3.05, 3.63) is 59.4 Å². The summed E-state index contributed by atoms with van der Waals surface area (Å²) >= 11 is 0. The number of ether oxygens (including phenoxy) is 1. The van der Waals surface area contributed by atoms with E-state index in [1.54, 1.807) is 0 Å². The third-order valence-corrected chi connectivity index (χ3v) is 3.63. The summed E-state index contributed by atoms with van der Waals surface area (Å²) in [4.78, 5) is 24.2. The number of carbonyl (C=O) groups excluding carboxylic acids is 2. The molecule has 130 valence electrons. The first kappa shape index (κ1) is 16.9. The standard InChI is InChI=1S/C17H11F4NO3/c18-10-4-5-14-12(7-10)13(23)8-15(25-14)16(24)22-11-3-1-2-9(6-11)17(19,20)21/h1-7,15H,8H2,(H,22,24)/t15-/m0/s1. The van der Waals surface area contributed by atoms with Gasteiger partial charge in [-0.05, 0) is 36.4 Å². The Morgan fingerprint density at radius 1 is 1.16 bits per heavy atom. The van der Waals surface area contributed by atoms with Crippen LogP contribution in [0.3, 0.4) is 0 Å². The van der Waals surface area contributed by atoms with Crippen LogP contribution in [-0.2, 0) is 11.0 Å². The minimum Gasteiger partial charge on any atom is -0.479 e. The molecule has 0 radical (unpaired) electrons. The van der Waals surface area contributed by atoms with E-state index >= 15 is 0 Å². The molecule has 1 N–H and O–H groups in total. The number of Topliss-reactive ketones (excluding diaryl/α,β-unsaturated/α-hetero) is 1. The molecular weight excluding hydrogens is 342 g/mol. The molecule has 0 saturated carbocycles. The van der Waals surface area contributed by atoms with Gasteiger partial charge in [0.25, 0.3) is 5.91 Å². The number of benzene rings is 2. The molecule has 0 spiro atoms. The van der Waals surface area contributed by atoms with Crippen LogP contribution in [0.25, 0.3) is 0 Å². The van der Waals surface area contributed by atoms with Crippen molar-refractivity contribution in [2.45, 2.75) is 18.7 Å². The number of hydrogen-bond donors (Lipinski definition) is 1. The molecule has 0 bridgehead atoms. The molecule has 3 rings (SSSR count). The maximum absolute atomic E-state index is 13.2. The second-order valence-corrected chi connectivity index (χ2v) is 5.44. The molecule has 4 nitrogen and oxygen atoms in total. The predicted molar refractivity (Wildman–Crippen MR) is 79.8 cm³/mol. The van der Waals surface area contributed by atoms with Gasteiger partial charge in [0.1, 0.15) is 11.6 Å². The summed E-state index contributed by atoms with van der Waals surface area (Å²) in [6, 6.07) is 7.43. The van der Waals surface area contributed by atoms with Gasteiger partial charge in [-0.15, -0.1) is 0 Å². The molecule has 2 aromatic rings. The van der Waals surface area contributed by atoms with Crippen LogP contribution in [0.1, 0.15) is 22.3 Å². The number of fused-ring (bicyclic) bond motifs is 1. The molecule has 25 heavy (non-hydrogen) atoms. The minimum absolute atomic E-state index is 0.0307. The summed E-state index contributed by atoms with van der Waals surface area (Å²) in [7, 11) is 0. The molecule has 0 aliphatic carbocycles. The van der Waals surface area contributed by atoms with E-state index in [1.807, 2.05) is 0 Å². The van der Waals surface area contributed by atoms with Gasteiger partial charge in [0.2, 0.25) is 0 Å². The quantitative estimate of drug-likeness (QED) is 0.835. The second-order valence-electron chi connectivity index (χ2n) is 5.44. The highest BCUT2D eigenvalue weighted by Gasteiger charge is 2.33. The molecule has 1 atom stereocenters. The number of hydrogen-bond acceptors (Lipinski definition) is 3. The van der Waals surface area contributed by atoms with Crippen molar-refractivity contribution in [2.75, 3.05) is 5.32 Å². The van der Waals surface area contributed by atoms with Gasteiger partial charge in [0, 0.05) is 5.69 Å². The van der Waals surface area contributed by atoms with E-state index in [0.717, 1.165) is 30.3 Å². The van der Waals surface area contributed by atoms with Crippen LogP contribution in [0.15, 0.2) is 42.5 Å². The van der Waals surface area contributed by atoms with Crippen molar-refractivity contribution in [1.82, 2.24) is 0 Å². The van der Waals surface area contributed by atoms with Crippen LogP contribution in [0, 0.1) is 5.82 Å². The molecular formula is C17H11F4NO3. The van der Waals surface area contributed by atoms with Crippen molar-refractivity contribution in [1.29, 1.82) is 0 Å². The smallest absolute Gasteiger partial charge is 0.416 e. The Bertz CT molecular complexity index is 848. The van der Waals surface area contributed by atoms with E-state index < -0.39 is 35.4 Å². The summed E-state index contributed by atoms with van der Waals surface area (Å²) < 4.78 is 56.6. The van der Waals surface area contributed by atoms with Crippen LogP contribution >= 0.6 is 0 Å². The zero-order valence-electron chi connectivity index (χ0n) is 12.6. The van der Waals surface area contributed by atoms with Gasteiger partial charge in [-0.3, -0.25) is 9.59 Å². The second kappa shape index (κ2) is 6.19. The van der Waals surface area contributed by atoms with Gasteiger partial charge in [-0.1, -0.05) is 6.07 Å². The molecule has 0 unspecified atom stereocenters. The van der Waals surface area contributed by atoms with Crippen molar-refractivity contribution in [3.63, 3.8) is 0 Å². The number of ketones is 1. The SMILES string of the molecule is O=C1C[C@@H](C(=O)Nc2cccc(C(F)(F)F)c2)Oc2ccc(F)cc21. The van der Waals surface area contributed by atoms with Crippen molar-refractivity contribution in [3.8, 4) is 5.75 Å². The largest absolute Gasteiger partial charge is 0.479 e. The molecule has 1 aliphatic rings. The number of alkyl halides is 3. The normalized spacial score (nSPS) is 16.8. The molecule has 1 amide bonds. The molecule has 0 saturated heterocycles. The lowest BCUT2D eigenvalue weighted by Gasteiger charge is -2.24. The van der Waals surface area contributed by atoms with E-state index in [1.165, 1.54) is 12.1 Å². The third kappa shape index (κ3) is 3.62. The Balaban J connectivity index is 1.77. The molecule has 2 aromatic carbocycles. The lowest BCUT2D eigenvalue weighted by Crippen LogP contribution is -2.38. The van der Waals surface area contributed by atoms with E-state index in [0.29, 0.717) is 0 Å². The van der Waals surface area contributed by atoms with Gasteiger partial charge in [-0.2, -0.15) is 13.2 Å². The van der Waals surface area contributed by atoms with Gasteiger partial charge < -0.3 is 10.1 Å². The fraction of sp³-hybridized carbons (Fsp3) is 0.176. The summed E-state index contributed by atoms with van der Waals surface area (Å²) in [6.07, 6.45) is -6.08. The van der Waals surface area contributed by atoms with Crippen LogP contribution in [-0.4, -0.2) is 17.8 Å². The number of rotatable bonds is 2. The van der Waals surface area contributed by atoms with Gasteiger partial charge in [-0.25, -0.2) is 4.39 Å². The summed E-state index contributed by atoms with van der Waals surface area (Å²) in [6.45, 7) is 0. The molecule has 0 aromatic heterocycles. The maximum atomic E-state index is 13.2. The lowest BCUT2D eigenvalue weighted by molar-refractivity contribution is -0.137. The third-order valence-electron chi connectivity index (χ3n) is 3.63. The van der Waals surface area contributed by atoms with Crippen molar-refractivity contribution in [2.24, 2.45) is 0 Å². The highest BCUT2D eigenvalue weighted by atomic mass is 19.4. The fourth-order valence-corrected chi connectivity index (χ4v) is 2.44. The van der Waals surface area contributed by atoms with Crippen molar-refractivity contribution >= 4 is 17.4 Å². The summed E-state index contributed by atoms with van der Waals surface area (Å²) in [5.74, 6) is -1.79. The Morgan fingerprint density at radius 3 is 2.64 bits per heavy atom. The zero-order valence-corrected chi connectivity index (χ0v) is 12.6. The highest BCUT2D eigenvalue weighted by Crippen LogP contribution is 2.31.